The van der Waals surface area contributed by atoms with E-state index in [9.17, 15) is 9.18 Å². The highest BCUT2D eigenvalue weighted by Crippen LogP contribution is 2.27. The summed E-state index contributed by atoms with van der Waals surface area (Å²) in [4.78, 5) is 11.1. The highest BCUT2D eigenvalue weighted by Gasteiger charge is 2.25. The third-order valence-corrected chi connectivity index (χ3v) is 3.63. The van der Waals surface area contributed by atoms with Crippen LogP contribution in [0.5, 0.6) is 0 Å². The van der Waals surface area contributed by atoms with Crippen LogP contribution < -0.4 is 10.6 Å². The van der Waals surface area contributed by atoms with Gasteiger partial charge in [0.1, 0.15) is 5.82 Å². The van der Waals surface area contributed by atoms with Crippen molar-refractivity contribution in [2.75, 3.05) is 17.7 Å². The molecule has 1 aromatic carbocycles. The number of hydrogen-bond donors (Lipinski definition) is 2. The molecule has 4 nitrogen and oxygen atoms in total. The van der Waals surface area contributed by atoms with Gasteiger partial charge in [-0.3, -0.25) is 4.79 Å². The van der Waals surface area contributed by atoms with Crippen LogP contribution in [-0.4, -0.2) is 25.2 Å². The van der Waals surface area contributed by atoms with Gasteiger partial charge in [0.2, 0.25) is 5.91 Å². The molecule has 0 bridgehead atoms. The van der Waals surface area contributed by atoms with Crippen molar-refractivity contribution in [2.45, 2.75) is 44.8 Å². The molecule has 1 saturated carbocycles. The van der Waals surface area contributed by atoms with Gasteiger partial charge in [0.25, 0.3) is 0 Å². The van der Waals surface area contributed by atoms with E-state index in [-0.39, 0.29) is 23.9 Å². The van der Waals surface area contributed by atoms with E-state index in [0.717, 1.165) is 25.7 Å². The Morgan fingerprint density at radius 2 is 2.10 bits per heavy atom. The number of anilines is 2. The highest BCUT2D eigenvalue weighted by atomic mass is 19.1. The van der Waals surface area contributed by atoms with Gasteiger partial charge in [0.05, 0.1) is 17.8 Å². The predicted molar refractivity (Wildman–Crippen MR) is 77.4 cm³/mol. The van der Waals surface area contributed by atoms with Gasteiger partial charge in [0, 0.05) is 19.7 Å². The molecule has 1 aliphatic carbocycles. The van der Waals surface area contributed by atoms with Crippen LogP contribution in [-0.2, 0) is 9.53 Å². The van der Waals surface area contributed by atoms with Crippen molar-refractivity contribution in [3.05, 3.63) is 24.0 Å². The second-order valence-corrected chi connectivity index (χ2v) is 5.19. The SMILES string of the molecule is COC1CCCCC1Nc1cc(NC(C)=O)ccc1F. The maximum atomic E-state index is 13.9. The van der Waals surface area contributed by atoms with E-state index in [1.54, 1.807) is 19.2 Å². The number of halogens is 1. The van der Waals surface area contributed by atoms with Crippen molar-refractivity contribution in [3.8, 4) is 0 Å². The number of rotatable bonds is 4. The van der Waals surface area contributed by atoms with Crippen LogP contribution in [0.25, 0.3) is 0 Å². The summed E-state index contributed by atoms with van der Waals surface area (Å²) in [5, 5.41) is 5.87. The lowest BCUT2D eigenvalue weighted by Gasteiger charge is -2.32. The van der Waals surface area contributed by atoms with Crippen LogP contribution in [0, 0.1) is 5.82 Å². The Morgan fingerprint density at radius 1 is 1.35 bits per heavy atom. The number of nitrogens with one attached hydrogen (secondary N) is 2. The molecule has 1 aromatic rings. The van der Waals surface area contributed by atoms with Crippen LogP contribution in [0.1, 0.15) is 32.6 Å². The lowest BCUT2D eigenvalue weighted by Crippen LogP contribution is -2.38. The van der Waals surface area contributed by atoms with E-state index in [1.165, 1.54) is 13.0 Å². The third kappa shape index (κ3) is 3.70. The standard InChI is InChI=1S/C15H21FN2O2/c1-10(19)17-11-7-8-12(16)14(9-11)18-13-5-3-4-6-15(13)20-2/h7-9,13,15,18H,3-6H2,1-2H3,(H,17,19). The van der Waals surface area contributed by atoms with E-state index in [4.69, 9.17) is 4.74 Å². The molecule has 0 heterocycles. The number of carbonyl (C=O) groups excluding carboxylic acids is 1. The molecule has 2 rings (SSSR count). The minimum atomic E-state index is -0.320. The van der Waals surface area contributed by atoms with Gasteiger partial charge >= 0.3 is 0 Å². The summed E-state index contributed by atoms with van der Waals surface area (Å²) in [6.45, 7) is 1.43. The number of carbonyl (C=O) groups is 1. The molecule has 2 atom stereocenters. The molecule has 0 saturated heterocycles. The summed E-state index contributed by atoms with van der Waals surface area (Å²) in [6, 6.07) is 4.64. The summed E-state index contributed by atoms with van der Waals surface area (Å²) in [5.41, 5.74) is 0.997. The first kappa shape index (κ1) is 14.8. The van der Waals surface area contributed by atoms with E-state index >= 15 is 0 Å². The maximum absolute atomic E-state index is 13.9. The summed E-state index contributed by atoms with van der Waals surface area (Å²) in [6.07, 6.45) is 4.31. The van der Waals surface area contributed by atoms with Gasteiger partial charge in [-0.05, 0) is 31.0 Å². The second kappa shape index (κ2) is 6.70. The maximum Gasteiger partial charge on any atom is 0.221 e. The van der Waals surface area contributed by atoms with E-state index in [2.05, 4.69) is 10.6 Å². The molecule has 2 unspecified atom stereocenters. The Labute approximate surface area is 118 Å². The van der Waals surface area contributed by atoms with E-state index in [0.29, 0.717) is 11.4 Å². The topological polar surface area (TPSA) is 50.4 Å². The van der Waals surface area contributed by atoms with Crippen molar-refractivity contribution in [1.29, 1.82) is 0 Å². The molecular weight excluding hydrogens is 259 g/mol. The van der Waals surface area contributed by atoms with E-state index in [1.807, 2.05) is 0 Å². The number of ether oxygens (including phenoxy) is 1. The Balaban J connectivity index is 2.12. The molecule has 0 spiro atoms. The molecule has 1 aliphatic rings. The van der Waals surface area contributed by atoms with Crippen LogP contribution in [0.2, 0.25) is 0 Å². The summed E-state index contributed by atoms with van der Waals surface area (Å²) in [7, 11) is 1.69. The van der Waals surface area contributed by atoms with Gasteiger partial charge in [-0.1, -0.05) is 12.8 Å². The molecule has 1 amide bonds. The Kier molecular flexibility index (Phi) is 4.95. The quantitative estimate of drug-likeness (QED) is 0.890. The summed E-state index contributed by atoms with van der Waals surface area (Å²) < 4.78 is 19.3. The Bertz CT molecular complexity index is 479. The summed E-state index contributed by atoms with van der Waals surface area (Å²) >= 11 is 0. The molecule has 0 aliphatic heterocycles. The van der Waals surface area contributed by atoms with Crippen molar-refractivity contribution in [1.82, 2.24) is 0 Å². The monoisotopic (exact) mass is 280 g/mol. The molecule has 5 heteroatoms. The van der Waals surface area contributed by atoms with Crippen molar-refractivity contribution in [2.24, 2.45) is 0 Å². The molecule has 110 valence electrons. The third-order valence-electron chi connectivity index (χ3n) is 3.63. The molecule has 0 radical (unpaired) electrons. The lowest BCUT2D eigenvalue weighted by molar-refractivity contribution is -0.114. The van der Waals surface area contributed by atoms with Crippen LogP contribution in [0.4, 0.5) is 15.8 Å². The minimum absolute atomic E-state index is 0.104. The van der Waals surface area contributed by atoms with Crippen LogP contribution in [0.3, 0.4) is 0 Å². The fourth-order valence-corrected chi connectivity index (χ4v) is 2.66. The number of amides is 1. The first-order chi connectivity index (χ1) is 9.60. The fourth-order valence-electron chi connectivity index (χ4n) is 2.66. The fraction of sp³-hybridized carbons (Fsp3) is 0.533. The summed E-state index contributed by atoms with van der Waals surface area (Å²) in [5.74, 6) is -0.491. The molecule has 1 fully saturated rings. The molecular formula is C15H21FN2O2. The second-order valence-electron chi connectivity index (χ2n) is 5.19. The smallest absolute Gasteiger partial charge is 0.221 e. The molecule has 0 aromatic heterocycles. The molecule has 2 N–H and O–H groups in total. The predicted octanol–water partition coefficient (Wildman–Crippen LogP) is 3.15. The van der Waals surface area contributed by atoms with Gasteiger partial charge in [-0.15, -0.1) is 0 Å². The first-order valence-corrected chi connectivity index (χ1v) is 6.96. The Hall–Kier alpha value is -1.62. The van der Waals surface area contributed by atoms with Gasteiger partial charge in [-0.2, -0.15) is 0 Å². The minimum Gasteiger partial charge on any atom is -0.379 e. The zero-order valence-corrected chi connectivity index (χ0v) is 11.9. The van der Waals surface area contributed by atoms with Crippen molar-refractivity contribution < 1.29 is 13.9 Å². The van der Waals surface area contributed by atoms with Gasteiger partial charge < -0.3 is 15.4 Å². The van der Waals surface area contributed by atoms with Crippen LogP contribution >= 0.6 is 0 Å². The Morgan fingerprint density at radius 3 is 2.80 bits per heavy atom. The number of hydrogen-bond acceptors (Lipinski definition) is 3. The van der Waals surface area contributed by atoms with Crippen molar-refractivity contribution >= 4 is 17.3 Å². The van der Waals surface area contributed by atoms with Gasteiger partial charge in [-0.25, -0.2) is 4.39 Å². The first-order valence-electron chi connectivity index (χ1n) is 6.96. The highest BCUT2D eigenvalue weighted by molar-refractivity contribution is 5.89. The zero-order valence-electron chi connectivity index (χ0n) is 11.9. The van der Waals surface area contributed by atoms with Crippen LogP contribution in [0.15, 0.2) is 18.2 Å². The zero-order chi connectivity index (χ0) is 14.5. The normalized spacial score (nSPS) is 22.4. The largest absolute Gasteiger partial charge is 0.379 e. The lowest BCUT2D eigenvalue weighted by atomic mass is 9.92. The van der Waals surface area contributed by atoms with Crippen molar-refractivity contribution in [3.63, 3.8) is 0 Å². The number of benzene rings is 1. The van der Waals surface area contributed by atoms with Gasteiger partial charge in [0.15, 0.2) is 0 Å². The molecule has 20 heavy (non-hydrogen) atoms. The number of methoxy groups -OCH3 is 1. The average Bonchev–Trinajstić information content (AvgIpc) is 2.42. The average molecular weight is 280 g/mol. The van der Waals surface area contributed by atoms with E-state index < -0.39 is 0 Å².